The number of halogens is 3. The van der Waals surface area contributed by atoms with Gasteiger partial charge in [-0.1, -0.05) is 40.9 Å². The Labute approximate surface area is 139 Å². The summed E-state index contributed by atoms with van der Waals surface area (Å²) < 4.78 is 5.38. The van der Waals surface area contributed by atoms with Crippen molar-refractivity contribution in [2.24, 2.45) is 5.73 Å². The van der Waals surface area contributed by atoms with Gasteiger partial charge in [-0.15, -0.1) is 0 Å². The minimum absolute atomic E-state index is 0.00133. The second kappa shape index (κ2) is 7.37. The summed E-state index contributed by atoms with van der Waals surface area (Å²) in [5, 5.41) is 1.91. The number of rotatable bonds is 5. The predicted molar refractivity (Wildman–Crippen MR) is 90.0 cm³/mol. The van der Waals surface area contributed by atoms with Crippen molar-refractivity contribution in [3.8, 4) is 5.75 Å². The molecule has 1 unspecified atom stereocenters. The quantitative estimate of drug-likeness (QED) is 0.833. The summed E-state index contributed by atoms with van der Waals surface area (Å²) in [6, 6.07) is 11.0. The van der Waals surface area contributed by atoms with Gasteiger partial charge < -0.3 is 10.5 Å². The van der Waals surface area contributed by atoms with E-state index in [-0.39, 0.29) is 5.92 Å². The molecule has 2 aromatic carbocycles. The lowest BCUT2D eigenvalue weighted by molar-refractivity contribution is 0.408. The lowest BCUT2D eigenvalue weighted by Gasteiger charge is -2.20. The van der Waals surface area contributed by atoms with Crippen molar-refractivity contribution in [3.63, 3.8) is 0 Å². The minimum Gasteiger partial charge on any atom is -0.496 e. The number of ether oxygens (including phenoxy) is 1. The fourth-order valence-corrected chi connectivity index (χ4v) is 3.28. The van der Waals surface area contributed by atoms with Crippen molar-refractivity contribution in [2.45, 2.75) is 12.3 Å². The molecule has 2 rings (SSSR count). The zero-order valence-corrected chi connectivity index (χ0v) is 13.8. The molecule has 0 heterocycles. The summed E-state index contributed by atoms with van der Waals surface area (Å²) in [6.07, 6.45) is 0.656. The third-order valence-corrected chi connectivity index (χ3v) is 4.30. The van der Waals surface area contributed by atoms with Gasteiger partial charge in [-0.2, -0.15) is 0 Å². The molecule has 21 heavy (non-hydrogen) atoms. The monoisotopic (exact) mass is 343 g/mol. The molecule has 0 radical (unpaired) electrons. The van der Waals surface area contributed by atoms with Crippen LogP contribution in [0.5, 0.6) is 5.75 Å². The minimum atomic E-state index is -0.00133. The molecule has 0 amide bonds. The standard InChI is InChI=1S/C16H16Cl3NO/c1-21-15-6-5-12(17)8-10(15)7-11(9-20)16-13(18)3-2-4-14(16)19/h2-6,8,11H,7,9,20H2,1H3. The van der Waals surface area contributed by atoms with Gasteiger partial charge in [-0.25, -0.2) is 0 Å². The van der Waals surface area contributed by atoms with Gasteiger partial charge in [0.1, 0.15) is 5.75 Å². The number of methoxy groups -OCH3 is 1. The highest BCUT2D eigenvalue weighted by Gasteiger charge is 2.19. The summed E-state index contributed by atoms with van der Waals surface area (Å²) in [6.45, 7) is 0.430. The van der Waals surface area contributed by atoms with Gasteiger partial charge in [0.05, 0.1) is 7.11 Å². The molecule has 1 atom stereocenters. The van der Waals surface area contributed by atoms with E-state index in [1.54, 1.807) is 13.2 Å². The van der Waals surface area contributed by atoms with Crippen LogP contribution in [0.25, 0.3) is 0 Å². The normalized spacial score (nSPS) is 12.2. The molecule has 2 aromatic rings. The van der Waals surface area contributed by atoms with Crippen molar-refractivity contribution in [2.75, 3.05) is 13.7 Å². The molecule has 5 heteroatoms. The van der Waals surface area contributed by atoms with Crippen molar-refractivity contribution >= 4 is 34.8 Å². The molecule has 2 N–H and O–H groups in total. The Kier molecular flexibility index (Phi) is 5.77. The van der Waals surface area contributed by atoms with E-state index >= 15 is 0 Å². The number of hydrogen-bond acceptors (Lipinski definition) is 2. The van der Waals surface area contributed by atoms with E-state index < -0.39 is 0 Å². The molecule has 0 saturated heterocycles. The van der Waals surface area contributed by atoms with Gasteiger partial charge in [0.15, 0.2) is 0 Å². The van der Waals surface area contributed by atoms with Crippen LogP contribution in [0, 0.1) is 0 Å². The Bertz CT molecular complexity index is 611. The Balaban J connectivity index is 2.38. The van der Waals surface area contributed by atoms with Crippen LogP contribution in [-0.2, 0) is 6.42 Å². The van der Waals surface area contributed by atoms with Gasteiger partial charge in [0.2, 0.25) is 0 Å². The molecule has 0 fully saturated rings. The Morgan fingerprint density at radius 3 is 2.33 bits per heavy atom. The van der Waals surface area contributed by atoms with Crippen LogP contribution in [0.3, 0.4) is 0 Å². The highest BCUT2D eigenvalue weighted by atomic mass is 35.5. The van der Waals surface area contributed by atoms with Crippen LogP contribution >= 0.6 is 34.8 Å². The van der Waals surface area contributed by atoms with Crippen LogP contribution in [0.4, 0.5) is 0 Å². The Morgan fingerprint density at radius 1 is 1.10 bits per heavy atom. The lowest BCUT2D eigenvalue weighted by Crippen LogP contribution is -2.16. The van der Waals surface area contributed by atoms with Gasteiger partial charge in [-0.05, 0) is 54.4 Å². The summed E-state index contributed by atoms with van der Waals surface area (Å²) in [4.78, 5) is 0. The highest BCUT2D eigenvalue weighted by molar-refractivity contribution is 6.36. The third-order valence-electron chi connectivity index (χ3n) is 3.40. The average molecular weight is 345 g/mol. The fraction of sp³-hybridized carbons (Fsp3) is 0.250. The van der Waals surface area contributed by atoms with E-state index in [9.17, 15) is 0 Å². The third kappa shape index (κ3) is 3.83. The fourth-order valence-electron chi connectivity index (χ4n) is 2.38. The first-order valence-corrected chi connectivity index (χ1v) is 7.66. The first kappa shape index (κ1) is 16.4. The van der Waals surface area contributed by atoms with Gasteiger partial charge in [0.25, 0.3) is 0 Å². The van der Waals surface area contributed by atoms with E-state index in [0.29, 0.717) is 28.0 Å². The van der Waals surface area contributed by atoms with Crippen molar-refractivity contribution in [3.05, 3.63) is 62.6 Å². The molecule has 112 valence electrons. The van der Waals surface area contributed by atoms with E-state index in [1.165, 1.54) is 0 Å². The molecule has 0 aromatic heterocycles. The number of hydrogen-bond donors (Lipinski definition) is 1. The lowest BCUT2D eigenvalue weighted by atomic mass is 9.91. The largest absolute Gasteiger partial charge is 0.496 e. The van der Waals surface area contributed by atoms with E-state index in [4.69, 9.17) is 45.3 Å². The average Bonchev–Trinajstić information content (AvgIpc) is 2.46. The van der Waals surface area contributed by atoms with E-state index in [0.717, 1.165) is 16.9 Å². The maximum atomic E-state index is 6.28. The Morgan fingerprint density at radius 2 is 1.76 bits per heavy atom. The van der Waals surface area contributed by atoms with Crippen molar-refractivity contribution in [1.82, 2.24) is 0 Å². The summed E-state index contributed by atoms with van der Waals surface area (Å²) >= 11 is 18.6. The second-order valence-electron chi connectivity index (χ2n) is 4.73. The molecule has 2 nitrogen and oxygen atoms in total. The maximum Gasteiger partial charge on any atom is 0.122 e. The number of nitrogens with two attached hydrogens (primary N) is 1. The smallest absolute Gasteiger partial charge is 0.122 e. The molecule has 0 aliphatic rings. The zero-order valence-electron chi connectivity index (χ0n) is 11.6. The summed E-state index contributed by atoms with van der Waals surface area (Å²) in [5.41, 5.74) is 7.78. The highest BCUT2D eigenvalue weighted by Crippen LogP contribution is 2.35. The van der Waals surface area contributed by atoms with Crippen molar-refractivity contribution < 1.29 is 4.74 Å². The van der Waals surface area contributed by atoms with Crippen LogP contribution in [0.1, 0.15) is 17.0 Å². The zero-order chi connectivity index (χ0) is 15.4. The van der Waals surface area contributed by atoms with Crippen molar-refractivity contribution in [1.29, 1.82) is 0 Å². The number of benzene rings is 2. The first-order chi connectivity index (χ1) is 10.1. The molecular weight excluding hydrogens is 329 g/mol. The molecule has 0 aliphatic heterocycles. The SMILES string of the molecule is COc1ccc(Cl)cc1CC(CN)c1c(Cl)cccc1Cl. The van der Waals surface area contributed by atoms with E-state index in [1.807, 2.05) is 30.3 Å². The predicted octanol–water partition coefficient (Wildman–Crippen LogP) is 4.94. The summed E-state index contributed by atoms with van der Waals surface area (Å²) in [5.74, 6) is 0.777. The van der Waals surface area contributed by atoms with E-state index in [2.05, 4.69) is 0 Å². The first-order valence-electron chi connectivity index (χ1n) is 6.53. The van der Waals surface area contributed by atoms with Crippen LogP contribution in [0.15, 0.2) is 36.4 Å². The molecular formula is C16H16Cl3NO. The topological polar surface area (TPSA) is 35.2 Å². The van der Waals surface area contributed by atoms with Gasteiger partial charge >= 0.3 is 0 Å². The molecule has 0 bridgehead atoms. The molecule has 0 saturated carbocycles. The van der Waals surface area contributed by atoms with Crippen LogP contribution in [0.2, 0.25) is 15.1 Å². The van der Waals surface area contributed by atoms with Gasteiger partial charge in [-0.3, -0.25) is 0 Å². The molecule has 0 spiro atoms. The summed E-state index contributed by atoms with van der Waals surface area (Å²) in [7, 11) is 1.63. The second-order valence-corrected chi connectivity index (χ2v) is 5.98. The van der Waals surface area contributed by atoms with Gasteiger partial charge in [0, 0.05) is 21.0 Å². The van der Waals surface area contributed by atoms with Crippen LogP contribution in [-0.4, -0.2) is 13.7 Å². The maximum absolute atomic E-state index is 6.28. The Hall–Kier alpha value is -0.930. The van der Waals surface area contributed by atoms with Crippen LogP contribution < -0.4 is 10.5 Å². The molecule has 0 aliphatic carbocycles.